The molecule has 0 atom stereocenters. The summed E-state index contributed by atoms with van der Waals surface area (Å²) in [4.78, 5) is 7.95. The number of thioether (sulfide) groups is 1. The van der Waals surface area contributed by atoms with Crippen molar-refractivity contribution in [3.63, 3.8) is 0 Å². The molecule has 0 aliphatic carbocycles. The number of nitrogens with one attached hydrogen (secondary N) is 1. The fraction of sp³-hybridized carbons (Fsp3) is 0.375. The molecule has 1 aromatic heterocycles. The predicted molar refractivity (Wildman–Crippen MR) is 94.5 cm³/mol. The van der Waals surface area contributed by atoms with Crippen LogP contribution in [0.15, 0.2) is 29.3 Å². The summed E-state index contributed by atoms with van der Waals surface area (Å²) in [7, 11) is 0. The highest BCUT2D eigenvalue weighted by atomic mass is 35.5. The van der Waals surface area contributed by atoms with Crippen LogP contribution in [0.2, 0.25) is 5.28 Å². The lowest BCUT2D eigenvalue weighted by atomic mass is 10.2. The van der Waals surface area contributed by atoms with Crippen LogP contribution in [0, 0.1) is 11.6 Å². The van der Waals surface area contributed by atoms with Gasteiger partial charge in [0.1, 0.15) is 10.8 Å². The molecule has 1 heterocycles. The summed E-state index contributed by atoms with van der Waals surface area (Å²) in [6.45, 7) is 4.54. The van der Waals surface area contributed by atoms with Crippen LogP contribution in [0.5, 0.6) is 0 Å². The maximum absolute atomic E-state index is 13.5. The minimum atomic E-state index is -0.876. The molecule has 1 aromatic carbocycles. The van der Waals surface area contributed by atoms with Gasteiger partial charge < -0.3 is 10.4 Å². The number of hydrogen-bond donors (Lipinski definition) is 2. The Labute approximate surface area is 149 Å². The molecule has 0 aliphatic heterocycles. The van der Waals surface area contributed by atoms with Gasteiger partial charge in [-0.2, -0.15) is 0 Å². The minimum absolute atomic E-state index is 0.0418. The Hall–Kier alpha value is -1.44. The smallest absolute Gasteiger partial charge is 0.225 e. The molecule has 0 saturated heterocycles. The fourth-order valence-corrected chi connectivity index (χ4v) is 2.66. The van der Waals surface area contributed by atoms with Gasteiger partial charge in [-0.15, -0.1) is 11.8 Å². The highest BCUT2D eigenvalue weighted by Gasteiger charge is 2.09. The summed E-state index contributed by atoms with van der Waals surface area (Å²) in [5.74, 6) is -1.05. The van der Waals surface area contributed by atoms with Gasteiger partial charge in [0.25, 0.3) is 0 Å². The van der Waals surface area contributed by atoms with Crippen LogP contribution in [0.4, 0.5) is 14.6 Å². The van der Waals surface area contributed by atoms with Gasteiger partial charge in [0.05, 0.1) is 6.61 Å². The number of nitrogens with zero attached hydrogens (tertiary/aromatic N) is 2. The molecule has 0 saturated carbocycles. The Kier molecular flexibility index (Phi) is 9.59. The fourth-order valence-electron chi connectivity index (χ4n) is 1.56. The molecule has 0 spiro atoms. The van der Waals surface area contributed by atoms with Crippen molar-refractivity contribution in [1.82, 2.24) is 9.97 Å². The summed E-state index contributed by atoms with van der Waals surface area (Å²) in [6.07, 6.45) is 1.25. The second-order valence-corrected chi connectivity index (χ2v) is 6.05. The molecule has 8 heteroatoms. The monoisotopic (exact) mass is 375 g/mol. The Bertz CT molecular complexity index is 647. The van der Waals surface area contributed by atoms with Gasteiger partial charge in [-0.1, -0.05) is 32.4 Å². The molecule has 0 bridgehead atoms. The van der Waals surface area contributed by atoms with Gasteiger partial charge in [0, 0.05) is 23.9 Å². The lowest BCUT2D eigenvalue weighted by Crippen LogP contribution is -2.07. The molecule has 132 valence electrons. The van der Waals surface area contributed by atoms with Crippen LogP contribution in [-0.4, -0.2) is 28.2 Å². The van der Waals surface area contributed by atoms with E-state index in [2.05, 4.69) is 29.1 Å². The largest absolute Gasteiger partial charge is 0.395 e. The standard InChI is InChI=1S/C13H12ClF2N3OS.C3H8/c14-13-18-10(17-4-5-20)6-11(19-13)21-7-8-2-1-3-9(15)12(8)16;1-3-2/h1-3,6,20H,4-5,7H2,(H,17,18,19);3H2,1-2H3. The summed E-state index contributed by atoms with van der Waals surface area (Å²) in [5, 5.41) is 12.2. The number of aliphatic hydroxyl groups is 1. The third kappa shape index (κ3) is 6.98. The van der Waals surface area contributed by atoms with Crippen molar-refractivity contribution in [2.24, 2.45) is 0 Å². The van der Waals surface area contributed by atoms with E-state index in [0.29, 0.717) is 17.4 Å². The number of aromatic nitrogens is 2. The lowest BCUT2D eigenvalue weighted by molar-refractivity contribution is 0.311. The van der Waals surface area contributed by atoms with Crippen molar-refractivity contribution in [3.05, 3.63) is 46.7 Å². The van der Waals surface area contributed by atoms with Crippen LogP contribution < -0.4 is 5.32 Å². The zero-order valence-electron chi connectivity index (χ0n) is 13.5. The van der Waals surface area contributed by atoms with E-state index >= 15 is 0 Å². The van der Waals surface area contributed by atoms with E-state index in [0.717, 1.165) is 6.07 Å². The number of halogens is 3. The molecule has 2 aromatic rings. The van der Waals surface area contributed by atoms with Crippen molar-refractivity contribution in [1.29, 1.82) is 0 Å². The van der Waals surface area contributed by atoms with Gasteiger partial charge in [-0.3, -0.25) is 0 Å². The molecule has 4 nitrogen and oxygen atoms in total. The van der Waals surface area contributed by atoms with E-state index in [9.17, 15) is 8.78 Å². The van der Waals surface area contributed by atoms with Crippen molar-refractivity contribution >= 4 is 29.2 Å². The highest BCUT2D eigenvalue weighted by Crippen LogP contribution is 2.25. The first-order valence-electron chi connectivity index (χ1n) is 7.46. The molecule has 24 heavy (non-hydrogen) atoms. The number of aliphatic hydroxyl groups excluding tert-OH is 1. The molecule has 2 N–H and O–H groups in total. The van der Waals surface area contributed by atoms with Crippen LogP contribution in [0.25, 0.3) is 0 Å². The average molecular weight is 376 g/mol. The van der Waals surface area contributed by atoms with Gasteiger partial charge >= 0.3 is 0 Å². The zero-order valence-corrected chi connectivity index (χ0v) is 15.1. The van der Waals surface area contributed by atoms with E-state index < -0.39 is 11.6 Å². The first kappa shape index (κ1) is 20.6. The SMILES string of the molecule is CCC.OCCNc1cc(SCc2cccc(F)c2F)nc(Cl)n1. The van der Waals surface area contributed by atoms with Gasteiger partial charge in [0.2, 0.25) is 5.28 Å². The van der Waals surface area contributed by atoms with E-state index in [-0.39, 0.29) is 23.2 Å². The second-order valence-electron chi connectivity index (χ2n) is 4.72. The quantitative estimate of drug-likeness (QED) is 0.441. The summed E-state index contributed by atoms with van der Waals surface area (Å²) in [5.41, 5.74) is 0.250. The first-order chi connectivity index (χ1) is 11.5. The van der Waals surface area contributed by atoms with Gasteiger partial charge in [-0.25, -0.2) is 18.7 Å². The Morgan fingerprint density at radius 2 is 1.96 bits per heavy atom. The normalized spacial score (nSPS) is 10.1. The summed E-state index contributed by atoms with van der Waals surface area (Å²) >= 11 is 7.01. The van der Waals surface area contributed by atoms with Crippen molar-refractivity contribution < 1.29 is 13.9 Å². The minimum Gasteiger partial charge on any atom is -0.395 e. The van der Waals surface area contributed by atoms with Gasteiger partial charge in [-0.05, 0) is 17.7 Å². The summed E-state index contributed by atoms with van der Waals surface area (Å²) < 4.78 is 26.7. The first-order valence-corrected chi connectivity index (χ1v) is 8.83. The number of rotatable bonds is 6. The van der Waals surface area contributed by atoms with Crippen molar-refractivity contribution in [2.75, 3.05) is 18.5 Å². The van der Waals surface area contributed by atoms with E-state index in [1.54, 1.807) is 6.07 Å². The second kappa shape index (κ2) is 11.2. The number of hydrogen-bond acceptors (Lipinski definition) is 5. The van der Waals surface area contributed by atoms with Gasteiger partial charge in [0.15, 0.2) is 11.6 Å². The highest BCUT2D eigenvalue weighted by molar-refractivity contribution is 7.98. The molecule has 0 radical (unpaired) electrons. The Morgan fingerprint density at radius 1 is 1.25 bits per heavy atom. The summed E-state index contributed by atoms with van der Waals surface area (Å²) in [6, 6.07) is 5.67. The Morgan fingerprint density at radius 3 is 2.62 bits per heavy atom. The molecule has 0 amide bonds. The van der Waals surface area contributed by atoms with E-state index in [4.69, 9.17) is 16.7 Å². The van der Waals surface area contributed by atoms with E-state index in [1.165, 1.54) is 30.3 Å². The Balaban J connectivity index is 0.000000891. The lowest BCUT2D eigenvalue weighted by Gasteiger charge is -2.07. The molecule has 0 fully saturated rings. The molecule has 0 unspecified atom stereocenters. The van der Waals surface area contributed by atoms with Crippen LogP contribution >= 0.6 is 23.4 Å². The topological polar surface area (TPSA) is 58.0 Å². The van der Waals surface area contributed by atoms with Crippen molar-refractivity contribution in [2.45, 2.75) is 31.0 Å². The molecular weight excluding hydrogens is 356 g/mol. The average Bonchev–Trinajstić information content (AvgIpc) is 2.54. The zero-order chi connectivity index (χ0) is 17.9. The molecule has 2 rings (SSSR count). The van der Waals surface area contributed by atoms with E-state index in [1.807, 2.05) is 0 Å². The number of anilines is 1. The maximum Gasteiger partial charge on any atom is 0.225 e. The molecule has 0 aliphatic rings. The van der Waals surface area contributed by atoms with Crippen LogP contribution in [-0.2, 0) is 5.75 Å². The van der Waals surface area contributed by atoms with Crippen molar-refractivity contribution in [3.8, 4) is 0 Å². The molecular formula is C16H20ClF2N3OS. The maximum atomic E-state index is 13.5. The van der Waals surface area contributed by atoms with Crippen LogP contribution in [0.1, 0.15) is 25.8 Å². The predicted octanol–water partition coefficient (Wildman–Crippen LogP) is 4.52. The third-order valence-electron chi connectivity index (χ3n) is 2.50. The third-order valence-corrected chi connectivity index (χ3v) is 3.63. The number of benzene rings is 1. The van der Waals surface area contributed by atoms with Crippen LogP contribution in [0.3, 0.4) is 0 Å².